The number of ether oxygens (including phenoxy) is 2. The molecule has 0 bridgehead atoms. The van der Waals surface area contributed by atoms with E-state index in [0.717, 1.165) is 5.56 Å². The van der Waals surface area contributed by atoms with Gasteiger partial charge in [-0.2, -0.15) is 0 Å². The highest BCUT2D eigenvalue weighted by molar-refractivity contribution is 5.88. The third-order valence-corrected chi connectivity index (χ3v) is 3.11. The molecule has 0 aliphatic rings. The van der Waals surface area contributed by atoms with E-state index in [-0.39, 0.29) is 26.1 Å². The molecule has 1 rings (SSSR count). The van der Waals surface area contributed by atoms with Gasteiger partial charge in [-0.15, -0.1) is 0 Å². The fourth-order valence-corrected chi connectivity index (χ4v) is 1.88. The fraction of sp³-hybridized carbons (Fsp3) is 0.412. The Labute approximate surface area is 145 Å². The van der Waals surface area contributed by atoms with Gasteiger partial charge < -0.3 is 19.9 Å². The molecule has 2 N–H and O–H groups in total. The van der Waals surface area contributed by atoms with Crippen LogP contribution in [0.4, 0.5) is 0 Å². The minimum Gasteiger partial charge on any atom is -0.480 e. The predicted octanol–water partition coefficient (Wildman–Crippen LogP) is 1.03. The second-order valence-corrected chi connectivity index (χ2v) is 5.11. The van der Waals surface area contributed by atoms with Crippen LogP contribution >= 0.6 is 0 Å². The molecule has 1 atom stereocenters. The first-order valence-corrected chi connectivity index (χ1v) is 7.79. The normalized spacial score (nSPS) is 11.2. The lowest BCUT2D eigenvalue weighted by Crippen LogP contribution is -2.42. The van der Waals surface area contributed by atoms with Gasteiger partial charge in [0.05, 0.1) is 19.4 Å². The van der Waals surface area contributed by atoms with E-state index in [4.69, 9.17) is 9.84 Å². The third-order valence-electron chi connectivity index (χ3n) is 3.11. The summed E-state index contributed by atoms with van der Waals surface area (Å²) in [6, 6.07) is 7.49. The van der Waals surface area contributed by atoms with Gasteiger partial charge in [0, 0.05) is 6.42 Å². The molecule has 0 fully saturated rings. The Hall–Kier alpha value is -2.90. The number of esters is 2. The number of carboxylic acid groups (broad SMARTS) is 1. The van der Waals surface area contributed by atoms with E-state index in [1.807, 2.05) is 6.07 Å². The Balaban J connectivity index is 2.42. The number of rotatable bonds is 10. The monoisotopic (exact) mass is 351 g/mol. The third kappa shape index (κ3) is 8.50. The number of aliphatic carboxylic acids is 1. The lowest BCUT2D eigenvalue weighted by molar-refractivity contribution is -0.151. The molecule has 0 aromatic heterocycles. The van der Waals surface area contributed by atoms with Crippen LogP contribution in [-0.4, -0.2) is 41.6 Å². The van der Waals surface area contributed by atoms with Gasteiger partial charge in [0.15, 0.2) is 0 Å². The minimum atomic E-state index is -1.42. The van der Waals surface area contributed by atoms with Crippen LogP contribution in [0.5, 0.6) is 0 Å². The van der Waals surface area contributed by atoms with Crippen molar-refractivity contribution in [1.29, 1.82) is 0 Å². The molecule has 25 heavy (non-hydrogen) atoms. The summed E-state index contributed by atoms with van der Waals surface area (Å²) >= 11 is 0. The second-order valence-electron chi connectivity index (χ2n) is 5.11. The lowest BCUT2D eigenvalue weighted by Gasteiger charge is -2.14. The zero-order chi connectivity index (χ0) is 18.7. The highest BCUT2D eigenvalue weighted by atomic mass is 16.5. The number of carboxylic acids is 1. The van der Waals surface area contributed by atoms with Crippen molar-refractivity contribution in [2.45, 2.75) is 38.8 Å². The molecule has 1 aromatic carbocycles. The molecule has 0 heterocycles. The molecule has 8 heteroatoms. The van der Waals surface area contributed by atoms with Gasteiger partial charge in [0.1, 0.15) is 12.6 Å². The first-order chi connectivity index (χ1) is 11.9. The summed E-state index contributed by atoms with van der Waals surface area (Å²) in [4.78, 5) is 45.8. The van der Waals surface area contributed by atoms with Gasteiger partial charge in [-0.3, -0.25) is 14.4 Å². The van der Waals surface area contributed by atoms with Crippen LogP contribution in [0.1, 0.15) is 31.7 Å². The Morgan fingerprint density at radius 2 is 1.72 bits per heavy atom. The number of carbonyl (C=O) groups is 4. The Morgan fingerprint density at radius 3 is 2.32 bits per heavy atom. The second kappa shape index (κ2) is 10.8. The molecule has 0 aliphatic carbocycles. The van der Waals surface area contributed by atoms with Crippen LogP contribution in [0.15, 0.2) is 30.3 Å². The van der Waals surface area contributed by atoms with Crippen molar-refractivity contribution in [2.24, 2.45) is 0 Å². The Bertz CT molecular complexity index is 600. The summed E-state index contributed by atoms with van der Waals surface area (Å²) in [7, 11) is 0. The minimum absolute atomic E-state index is 0.0167. The summed E-state index contributed by atoms with van der Waals surface area (Å²) in [6.07, 6.45) is -0.889. The van der Waals surface area contributed by atoms with E-state index in [0.29, 0.717) is 0 Å². The number of amides is 1. The summed E-state index contributed by atoms with van der Waals surface area (Å²) in [6.45, 7) is 1.85. The average molecular weight is 351 g/mol. The van der Waals surface area contributed by atoms with E-state index < -0.39 is 36.3 Å². The molecule has 0 radical (unpaired) electrons. The van der Waals surface area contributed by atoms with Crippen molar-refractivity contribution in [2.75, 3.05) is 6.61 Å². The average Bonchev–Trinajstić information content (AvgIpc) is 2.58. The summed E-state index contributed by atoms with van der Waals surface area (Å²) < 4.78 is 9.67. The molecule has 1 amide bonds. The number of carbonyl (C=O) groups excluding carboxylic acids is 3. The number of hydrogen-bond donors (Lipinski definition) is 2. The van der Waals surface area contributed by atoms with Gasteiger partial charge in [-0.25, -0.2) is 4.79 Å². The molecule has 0 saturated carbocycles. The Kier molecular flexibility index (Phi) is 8.70. The van der Waals surface area contributed by atoms with E-state index in [1.165, 1.54) is 0 Å². The maximum Gasteiger partial charge on any atom is 0.326 e. The molecule has 0 aliphatic heterocycles. The highest BCUT2D eigenvalue weighted by Crippen LogP contribution is 2.04. The maximum atomic E-state index is 11.8. The van der Waals surface area contributed by atoms with Crippen molar-refractivity contribution >= 4 is 23.8 Å². The van der Waals surface area contributed by atoms with E-state index in [1.54, 1.807) is 31.2 Å². The molecule has 0 spiro atoms. The van der Waals surface area contributed by atoms with Crippen molar-refractivity contribution in [3.8, 4) is 0 Å². The van der Waals surface area contributed by atoms with Gasteiger partial charge in [-0.05, 0) is 12.5 Å². The summed E-state index contributed by atoms with van der Waals surface area (Å²) in [5, 5.41) is 11.3. The Morgan fingerprint density at radius 1 is 1.04 bits per heavy atom. The van der Waals surface area contributed by atoms with E-state index in [9.17, 15) is 19.2 Å². The number of nitrogens with one attached hydrogen (secondary N) is 1. The highest BCUT2D eigenvalue weighted by Gasteiger charge is 2.24. The lowest BCUT2D eigenvalue weighted by atomic mass is 10.2. The van der Waals surface area contributed by atoms with Crippen LogP contribution in [0, 0.1) is 0 Å². The zero-order valence-corrected chi connectivity index (χ0v) is 13.9. The summed E-state index contributed by atoms with van der Waals surface area (Å²) in [5.41, 5.74) is 0.765. The molecule has 136 valence electrons. The van der Waals surface area contributed by atoms with Gasteiger partial charge in [0.2, 0.25) is 5.91 Å². The van der Waals surface area contributed by atoms with E-state index >= 15 is 0 Å². The smallest absolute Gasteiger partial charge is 0.326 e. The van der Waals surface area contributed by atoms with Crippen molar-refractivity contribution < 1.29 is 33.8 Å². The topological polar surface area (TPSA) is 119 Å². The van der Waals surface area contributed by atoms with Gasteiger partial charge in [0.25, 0.3) is 0 Å². The van der Waals surface area contributed by atoms with Crippen LogP contribution in [0.3, 0.4) is 0 Å². The number of hydrogen-bond acceptors (Lipinski definition) is 6. The molecule has 0 saturated heterocycles. The maximum absolute atomic E-state index is 11.8. The first kappa shape index (κ1) is 20.1. The molecule has 8 nitrogen and oxygen atoms in total. The summed E-state index contributed by atoms with van der Waals surface area (Å²) in [5.74, 6) is -3.31. The molecular weight excluding hydrogens is 330 g/mol. The van der Waals surface area contributed by atoms with Crippen LogP contribution in [0.25, 0.3) is 0 Å². The first-order valence-electron chi connectivity index (χ1n) is 7.79. The molecule has 1 aromatic rings. The fourth-order valence-electron chi connectivity index (χ4n) is 1.88. The number of benzene rings is 1. The van der Waals surface area contributed by atoms with Crippen LogP contribution < -0.4 is 5.32 Å². The van der Waals surface area contributed by atoms with Crippen LogP contribution in [-0.2, 0) is 35.3 Å². The van der Waals surface area contributed by atoms with Crippen molar-refractivity contribution in [3.05, 3.63) is 35.9 Å². The standard InChI is InChI=1S/C17H21NO7/c1-2-24-15(20)9-8-14(19)18-13(17(22)23)10-16(21)25-11-12-6-4-3-5-7-12/h3-7,13H,2,8-11H2,1H3,(H,18,19)(H,22,23)/t13-/m0/s1. The van der Waals surface area contributed by atoms with Gasteiger partial charge in [-0.1, -0.05) is 30.3 Å². The largest absolute Gasteiger partial charge is 0.480 e. The molecular formula is C17H21NO7. The molecule has 0 unspecified atom stereocenters. The van der Waals surface area contributed by atoms with Crippen molar-refractivity contribution in [3.63, 3.8) is 0 Å². The zero-order valence-electron chi connectivity index (χ0n) is 13.9. The van der Waals surface area contributed by atoms with Crippen LogP contribution in [0.2, 0.25) is 0 Å². The SMILES string of the molecule is CCOC(=O)CCC(=O)N[C@@H](CC(=O)OCc1ccccc1)C(=O)O. The predicted molar refractivity (Wildman–Crippen MR) is 86.3 cm³/mol. The quantitative estimate of drug-likeness (QED) is 0.604. The van der Waals surface area contributed by atoms with Crippen molar-refractivity contribution in [1.82, 2.24) is 5.32 Å². The van der Waals surface area contributed by atoms with Gasteiger partial charge >= 0.3 is 17.9 Å². The van der Waals surface area contributed by atoms with E-state index in [2.05, 4.69) is 10.1 Å².